The maximum atomic E-state index is 3.53. The lowest BCUT2D eigenvalue weighted by atomic mass is 9.85. The van der Waals surface area contributed by atoms with Crippen molar-refractivity contribution in [2.45, 2.75) is 12.5 Å². The quantitative estimate of drug-likeness (QED) is 0.697. The molecule has 1 N–H and O–H groups in total. The highest BCUT2D eigenvalue weighted by atomic mass is 32.1. The Morgan fingerprint density at radius 1 is 1.05 bits per heavy atom. The zero-order valence-corrected chi connectivity index (χ0v) is 11.4. The Kier molecular flexibility index (Phi) is 2.64. The first-order valence-electron chi connectivity index (χ1n) is 6.67. The fourth-order valence-corrected chi connectivity index (χ4v) is 3.82. The van der Waals surface area contributed by atoms with Crippen LogP contribution in [0.25, 0.3) is 10.1 Å². The average molecular weight is 265 g/mol. The molecule has 3 aromatic rings. The molecule has 1 aromatic heterocycles. The van der Waals surface area contributed by atoms with E-state index < -0.39 is 0 Å². The summed E-state index contributed by atoms with van der Waals surface area (Å²) in [6, 6.07) is 17.9. The molecule has 1 unspecified atom stereocenters. The molecule has 2 heterocycles. The summed E-state index contributed by atoms with van der Waals surface area (Å²) in [5.41, 5.74) is 4.34. The first kappa shape index (κ1) is 11.2. The summed E-state index contributed by atoms with van der Waals surface area (Å²) >= 11 is 1.83. The first-order chi connectivity index (χ1) is 9.42. The second-order valence-electron chi connectivity index (χ2n) is 5.10. The van der Waals surface area contributed by atoms with E-state index in [1.165, 1.54) is 26.8 Å². The Balaban J connectivity index is 1.84. The van der Waals surface area contributed by atoms with Gasteiger partial charge in [-0.05, 0) is 39.6 Å². The molecular weight excluding hydrogens is 250 g/mol. The maximum Gasteiger partial charge on any atom is 0.0345 e. The predicted molar refractivity (Wildman–Crippen MR) is 81.8 cm³/mol. The van der Waals surface area contributed by atoms with E-state index in [1.54, 1.807) is 0 Å². The van der Waals surface area contributed by atoms with Crippen molar-refractivity contribution in [3.8, 4) is 0 Å². The molecular formula is C17H15NS. The van der Waals surface area contributed by atoms with Gasteiger partial charge in [0.15, 0.2) is 0 Å². The van der Waals surface area contributed by atoms with Crippen LogP contribution in [-0.4, -0.2) is 6.54 Å². The normalized spacial score (nSPS) is 18.4. The van der Waals surface area contributed by atoms with Gasteiger partial charge in [-0.3, -0.25) is 0 Å². The number of rotatable bonds is 1. The predicted octanol–water partition coefficient (Wildman–Crippen LogP) is 4.14. The van der Waals surface area contributed by atoms with Crippen LogP contribution < -0.4 is 5.32 Å². The Morgan fingerprint density at radius 2 is 2.00 bits per heavy atom. The van der Waals surface area contributed by atoms with E-state index in [2.05, 4.69) is 59.2 Å². The van der Waals surface area contributed by atoms with Gasteiger partial charge in [-0.25, -0.2) is 0 Å². The van der Waals surface area contributed by atoms with Gasteiger partial charge in [0.05, 0.1) is 0 Å². The molecule has 19 heavy (non-hydrogen) atoms. The van der Waals surface area contributed by atoms with Gasteiger partial charge in [0, 0.05) is 23.7 Å². The van der Waals surface area contributed by atoms with Crippen LogP contribution in [0.4, 0.5) is 0 Å². The molecule has 2 aromatic carbocycles. The molecule has 0 bridgehead atoms. The van der Waals surface area contributed by atoms with Gasteiger partial charge in [-0.1, -0.05) is 36.4 Å². The number of thiophene rings is 1. The number of nitrogens with one attached hydrogen (secondary N) is 1. The van der Waals surface area contributed by atoms with E-state index in [1.807, 2.05) is 11.3 Å². The maximum absolute atomic E-state index is 3.53. The third-order valence-corrected chi connectivity index (χ3v) is 4.86. The van der Waals surface area contributed by atoms with Crippen molar-refractivity contribution in [1.29, 1.82) is 0 Å². The van der Waals surface area contributed by atoms with E-state index in [9.17, 15) is 0 Å². The van der Waals surface area contributed by atoms with Gasteiger partial charge >= 0.3 is 0 Å². The van der Waals surface area contributed by atoms with Gasteiger partial charge in [0.1, 0.15) is 0 Å². The zero-order chi connectivity index (χ0) is 12.7. The molecule has 94 valence electrons. The van der Waals surface area contributed by atoms with E-state index in [4.69, 9.17) is 0 Å². The van der Waals surface area contributed by atoms with Gasteiger partial charge in [-0.15, -0.1) is 11.3 Å². The van der Waals surface area contributed by atoms with Crippen LogP contribution in [0, 0.1) is 0 Å². The minimum atomic E-state index is 0.483. The summed E-state index contributed by atoms with van der Waals surface area (Å²) in [6.45, 7) is 2.03. The number of fused-ring (bicyclic) bond motifs is 2. The lowest BCUT2D eigenvalue weighted by molar-refractivity contribution is 0.592. The molecule has 0 amide bonds. The molecule has 1 aliphatic heterocycles. The van der Waals surface area contributed by atoms with Crippen molar-refractivity contribution in [3.05, 3.63) is 70.6 Å². The minimum Gasteiger partial charge on any atom is -0.312 e. The molecule has 0 saturated carbocycles. The second kappa shape index (κ2) is 4.48. The Hall–Kier alpha value is -1.64. The topological polar surface area (TPSA) is 12.0 Å². The minimum absolute atomic E-state index is 0.483. The van der Waals surface area contributed by atoms with Crippen LogP contribution in [0.2, 0.25) is 0 Å². The lowest BCUT2D eigenvalue weighted by Crippen LogP contribution is -2.28. The summed E-state index contributed by atoms with van der Waals surface area (Å²) in [6.07, 6.45) is 0. The molecule has 1 nitrogen and oxygen atoms in total. The highest BCUT2D eigenvalue weighted by Crippen LogP contribution is 2.32. The average Bonchev–Trinajstić information content (AvgIpc) is 2.94. The van der Waals surface area contributed by atoms with Crippen molar-refractivity contribution in [1.82, 2.24) is 5.32 Å². The zero-order valence-electron chi connectivity index (χ0n) is 10.6. The van der Waals surface area contributed by atoms with Crippen molar-refractivity contribution in [2.24, 2.45) is 0 Å². The Bertz CT molecular complexity index is 729. The number of benzene rings is 2. The first-order valence-corrected chi connectivity index (χ1v) is 7.55. The summed E-state index contributed by atoms with van der Waals surface area (Å²) in [7, 11) is 0. The molecule has 1 aliphatic rings. The molecule has 0 fully saturated rings. The third kappa shape index (κ3) is 1.88. The van der Waals surface area contributed by atoms with Gasteiger partial charge in [-0.2, -0.15) is 0 Å². The molecule has 0 aliphatic carbocycles. The summed E-state index contributed by atoms with van der Waals surface area (Å²) < 4.78 is 1.39. The molecule has 0 spiro atoms. The van der Waals surface area contributed by atoms with Crippen LogP contribution in [0.1, 0.15) is 22.6 Å². The van der Waals surface area contributed by atoms with Crippen molar-refractivity contribution >= 4 is 21.4 Å². The van der Waals surface area contributed by atoms with Crippen molar-refractivity contribution in [2.75, 3.05) is 6.54 Å². The van der Waals surface area contributed by atoms with Crippen LogP contribution in [0.15, 0.2) is 53.9 Å². The van der Waals surface area contributed by atoms with E-state index in [0.29, 0.717) is 5.92 Å². The second-order valence-corrected chi connectivity index (χ2v) is 6.05. The van der Waals surface area contributed by atoms with Gasteiger partial charge in [0.25, 0.3) is 0 Å². The van der Waals surface area contributed by atoms with Gasteiger partial charge in [0.2, 0.25) is 0 Å². The lowest BCUT2D eigenvalue weighted by Gasteiger charge is -2.26. The molecule has 0 saturated heterocycles. The van der Waals surface area contributed by atoms with Crippen LogP contribution in [0.5, 0.6) is 0 Å². The van der Waals surface area contributed by atoms with E-state index >= 15 is 0 Å². The van der Waals surface area contributed by atoms with E-state index in [-0.39, 0.29) is 0 Å². The molecule has 1 atom stereocenters. The highest BCUT2D eigenvalue weighted by molar-refractivity contribution is 7.17. The standard InChI is InChI=1S/C17H15NS/c1-2-4-15-14(3-1)10-18-11-16(15)13-6-5-12-7-8-19-17(12)9-13/h1-9,16,18H,10-11H2. The summed E-state index contributed by atoms with van der Waals surface area (Å²) in [5, 5.41) is 7.06. The Morgan fingerprint density at radius 3 is 3.00 bits per heavy atom. The fraction of sp³-hybridized carbons (Fsp3) is 0.176. The largest absolute Gasteiger partial charge is 0.312 e. The van der Waals surface area contributed by atoms with Gasteiger partial charge < -0.3 is 5.32 Å². The van der Waals surface area contributed by atoms with Crippen LogP contribution >= 0.6 is 11.3 Å². The fourth-order valence-electron chi connectivity index (χ4n) is 2.98. The highest BCUT2D eigenvalue weighted by Gasteiger charge is 2.21. The Labute approximate surface area is 116 Å². The van der Waals surface area contributed by atoms with Crippen molar-refractivity contribution < 1.29 is 0 Å². The SMILES string of the molecule is c1ccc2c(c1)CNCC2c1ccc2ccsc2c1. The number of hydrogen-bond donors (Lipinski definition) is 1. The summed E-state index contributed by atoms with van der Waals surface area (Å²) in [5.74, 6) is 0.483. The monoisotopic (exact) mass is 265 g/mol. The summed E-state index contributed by atoms with van der Waals surface area (Å²) in [4.78, 5) is 0. The number of hydrogen-bond acceptors (Lipinski definition) is 2. The molecule has 0 radical (unpaired) electrons. The smallest absolute Gasteiger partial charge is 0.0345 e. The van der Waals surface area contributed by atoms with E-state index in [0.717, 1.165) is 13.1 Å². The molecule has 4 rings (SSSR count). The van der Waals surface area contributed by atoms with Crippen LogP contribution in [-0.2, 0) is 6.54 Å². The van der Waals surface area contributed by atoms with Crippen molar-refractivity contribution in [3.63, 3.8) is 0 Å². The third-order valence-electron chi connectivity index (χ3n) is 3.98. The van der Waals surface area contributed by atoms with Crippen LogP contribution in [0.3, 0.4) is 0 Å². The molecule has 2 heteroatoms.